The molecule has 0 aliphatic rings. The quantitative estimate of drug-likeness (QED) is 0.217. The molecule has 10 nitrogen and oxygen atoms in total. The van der Waals surface area contributed by atoms with Crippen LogP contribution in [0.5, 0.6) is 11.5 Å². The molecule has 0 saturated heterocycles. The lowest BCUT2D eigenvalue weighted by molar-refractivity contribution is -0.122. The van der Waals surface area contributed by atoms with Gasteiger partial charge in [-0.1, -0.05) is 61.4 Å². The van der Waals surface area contributed by atoms with Gasteiger partial charge >= 0.3 is 6.16 Å². The molecule has 0 saturated carbocycles. The molecule has 1 heterocycles. The lowest BCUT2D eigenvalue weighted by Gasteiger charge is -2.16. The number of amides is 2. The zero-order valence-electron chi connectivity index (χ0n) is 23.5. The first-order valence-corrected chi connectivity index (χ1v) is 12.8. The topological polar surface area (TPSA) is 128 Å². The van der Waals surface area contributed by atoms with Crippen molar-refractivity contribution in [3.05, 3.63) is 88.7 Å². The van der Waals surface area contributed by atoms with Crippen molar-refractivity contribution in [2.45, 2.75) is 40.7 Å². The summed E-state index contributed by atoms with van der Waals surface area (Å²) in [7, 11) is 1.36. The number of hydrogen-bond acceptors (Lipinski definition) is 8. The van der Waals surface area contributed by atoms with Gasteiger partial charge in [-0.05, 0) is 38.8 Å². The van der Waals surface area contributed by atoms with E-state index in [9.17, 15) is 14.4 Å². The number of pyridine rings is 1. The Bertz CT molecular complexity index is 1350. The van der Waals surface area contributed by atoms with E-state index in [-0.39, 0.29) is 29.7 Å². The minimum Gasteiger partial charge on any atom is -0.493 e. The van der Waals surface area contributed by atoms with Crippen LogP contribution in [0.1, 0.15) is 53.5 Å². The molecule has 1 atom stereocenters. The maximum Gasteiger partial charge on any atom is 0.514 e. The number of nitrogens with one attached hydrogen (secondary N) is 2. The number of methoxy groups -OCH3 is 1. The molecular weight excluding hydrogens is 512 g/mol. The second kappa shape index (κ2) is 13.9. The molecule has 2 N–H and O–H groups in total. The fraction of sp³-hybridized carbons (Fsp3) is 0.300. The summed E-state index contributed by atoms with van der Waals surface area (Å²) in [6, 6.07) is 16.0. The third-order valence-corrected chi connectivity index (χ3v) is 5.63. The van der Waals surface area contributed by atoms with Crippen molar-refractivity contribution in [3.8, 4) is 11.5 Å². The number of carbonyl (C=O) groups excluding carboxylic acids is 3. The van der Waals surface area contributed by atoms with Gasteiger partial charge in [0.25, 0.3) is 11.8 Å². The number of ether oxygens (including phenoxy) is 3. The van der Waals surface area contributed by atoms with Gasteiger partial charge in [0.15, 0.2) is 11.4 Å². The van der Waals surface area contributed by atoms with Gasteiger partial charge in [-0.2, -0.15) is 5.10 Å². The van der Waals surface area contributed by atoms with Gasteiger partial charge < -0.3 is 19.5 Å². The van der Waals surface area contributed by atoms with Crippen LogP contribution in [0.3, 0.4) is 0 Å². The van der Waals surface area contributed by atoms with Crippen molar-refractivity contribution in [1.82, 2.24) is 15.7 Å². The predicted octanol–water partition coefficient (Wildman–Crippen LogP) is 4.57. The van der Waals surface area contributed by atoms with Crippen molar-refractivity contribution in [2.24, 2.45) is 11.0 Å². The molecule has 3 rings (SSSR count). The summed E-state index contributed by atoms with van der Waals surface area (Å²) in [5.41, 5.74) is 6.63. The lowest BCUT2D eigenvalue weighted by atomic mass is 9.99. The summed E-state index contributed by atoms with van der Waals surface area (Å²) >= 11 is 0. The van der Waals surface area contributed by atoms with Crippen LogP contribution in [-0.4, -0.2) is 48.4 Å². The maximum absolute atomic E-state index is 13.1. The van der Waals surface area contributed by atoms with E-state index in [1.807, 2.05) is 76.2 Å². The molecule has 10 heteroatoms. The molecule has 40 heavy (non-hydrogen) atoms. The molecular formula is C30H34N4O6. The van der Waals surface area contributed by atoms with Gasteiger partial charge in [-0.3, -0.25) is 9.59 Å². The Labute approximate surface area is 233 Å². The Kier molecular flexibility index (Phi) is 10.4. The Balaban J connectivity index is 1.79. The highest BCUT2D eigenvalue weighted by Gasteiger charge is 2.25. The average molecular weight is 547 g/mol. The second-order valence-electron chi connectivity index (χ2n) is 9.62. The monoisotopic (exact) mass is 546 g/mol. The number of carbonyl (C=O) groups is 3. The largest absolute Gasteiger partial charge is 0.514 e. The van der Waals surface area contributed by atoms with Crippen LogP contribution in [0, 0.1) is 19.8 Å². The van der Waals surface area contributed by atoms with E-state index >= 15 is 0 Å². The lowest BCUT2D eigenvalue weighted by Crippen LogP contribution is -2.44. The molecule has 0 unspecified atom stereocenters. The standard InChI is InChI=1S/C30H34N4O6/c1-18(2)17-39-30(37)40-27-24(38-6)13-14-31-26(27)29(36)32-21(5)28(35)34-33-25(22-11-7-9-19(3)15-22)23-12-8-10-20(4)16-23/h7-16,18,21H,17H2,1-6H3,(H,32,36)(H,34,35)/t21-/m0/s1. The SMILES string of the molecule is COc1ccnc(C(=O)N[C@@H](C)C(=O)NN=C(c2cccc(C)c2)c2cccc(C)c2)c1OC(=O)OCC(C)C. The smallest absolute Gasteiger partial charge is 0.493 e. The first-order chi connectivity index (χ1) is 19.1. The number of nitrogens with zero attached hydrogens (tertiary/aromatic N) is 2. The van der Waals surface area contributed by atoms with Crippen LogP contribution >= 0.6 is 0 Å². The molecule has 2 aromatic carbocycles. The minimum atomic E-state index is -1.01. The molecule has 0 spiro atoms. The summed E-state index contributed by atoms with van der Waals surface area (Å²) in [6.45, 7) is 9.33. The summed E-state index contributed by atoms with van der Waals surface area (Å²) in [6.07, 6.45) is 0.319. The summed E-state index contributed by atoms with van der Waals surface area (Å²) in [5, 5.41) is 6.97. The third-order valence-electron chi connectivity index (χ3n) is 5.63. The van der Waals surface area contributed by atoms with Crippen LogP contribution < -0.4 is 20.2 Å². The number of rotatable bonds is 10. The highest BCUT2D eigenvalue weighted by atomic mass is 16.7. The van der Waals surface area contributed by atoms with Crippen LogP contribution in [0.25, 0.3) is 0 Å². The fourth-order valence-electron chi connectivity index (χ4n) is 3.62. The van der Waals surface area contributed by atoms with Crippen molar-refractivity contribution in [1.29, 1.82) is 0 Å². The first-order valence-electron chi connectivity index (χ1n) is 12.8. The van der Waals surface area contributed by atoms with Crippen LogP contribution in [0.2, 0.25) is 0 Å². The molecule has 210 valence electrons. The third kappa shape index (κ3) is 8.13. The summed E-state index contributed by atoms with van der Waals surface area (Å²) in [4.78, 5) is 42.2. The minimum absolute atomic E-state index is 0.0884. The number of benzene rings is 2. The van der Waals surface area contributed by atoms with Crippen molar-refractivity contribution in [2.75, 3.05) is 13.7 Å². The highest BCUT2D eigenvalue weighted by molar-refractivity contribution is 6.13. The Morgan fingerprint density at radius 1 is 0.950 bits per heavy atom. The molecule has 0 fully saturated rings. The predicted molar refractivity (Wildman–Crippen MR) is 151 cm³/mol. The molecule has 2 amide bonds. The normalized spacial score (nSPS) is 11.3. The van der Waals surface area contributed by atoms with Crippen LogP contribution in [0.4, 0.5) is 4.79 Å². The van der Waals surface area contributed by atoms with E-state index in [4.69, 9.17) is 14.2 Å². The van der Waals surface area contributed by atoms with E-state index < -0.39 is 24.0 Å². The number of aryl methyl sites for hydroxylation is 2. The van der Waals surface area contributed by atoms with Gasteiger partial charge in [0.2, 0.25) is 5.75 Å². The van der Waals surface area contributed by atoms with E-state index in [1.54, 1.807) is 0 Å². The van der Waals surface area contributed by atoms with Crippen molar-refractivity contribution in [3.63, 3.8) is 0 Å². The van der Waals surface area contributed by atoms with E-state index in [0.717, 1.165) is 22.3 Å². The van der Waals surface area contributed by atoms with E-state index in [2.05, 4.69) is 20.8 Å². The van der Waals surface area contributed by atoms with Crippen molar-refractivity contribution >= 4 is 23.7 Å². The van der Waals surface area contributed by atoms with Crippen LogP contribution in [0.15, 0.2) is 65.9 Å². The summed E-state index contributed by atoms with van der Waals surface area (Å²) < 4.78 is 15.5. The zero-order valence-corrected chi connectivity index (χ0v) is 23.5. The van der Waals surface area contributed by atoms with E-state index in [0.29, 0.717) is 5.71 Å². The maximum atomic E-state index is 13.1. The molecule has 1 aromatic heterocycles. The first kappa shape index (κ1) is 29.8. The van der Waals surface area contributed by atoms with E-state index in [1.165, 1.54) is 26.3 Å². The molecule has 0 bridgehead atoms. The van der Waals surface area contributed by atoms with Crippen molar-refractivity contribution < 1.29 is 28.6 Å². The Morgan fingerprint density at radius 3 is 2.12 bits per heavy atom. The molecule has 0 aliphatic heterocycles. The zero-order chi connectivity index (χ0) is 29.2. The van der Waals surface area contributed by atoms with Gasteiger partial charge in [-0.25, -0.2) is 15.2 Å². The van der Waals surface area contributed by atoms with Crippen LogP contribution in [-0.2, 0) is 9.53 Å². The average Bonchev–Trinajstić information content (AvgIpc) is 2.92. The highest BCUT2D eigenvalue weighted by Crippen LogP contribution is 2.30. The van der Waals surface area contributed by atoms with Gasteiger partial charge in [-0.15, -0.1) is 0 Å². The Morgan fingerprint density at radius 2 is 1.57 bits per heavy atom. The Hall–Kier alpha value is -4.73. The molecule has 0 aliphatic carbocycles. The number of hydrazone groups is 1. The van der Waals surface area contributed by atoms with Gasteiger partial charge in [0, 0.05) is 23.4 Å². The van der Waals surface area contributed by atoms with Gasteiger partial charge in [0.05, 0.1) is 19.4 Å². The number of aromatic nitrogens is 1. The molecule has 3 aromatic rings. The fourth-order valence-corrected chi connectivity index (χ4v) is 3.62. The summed E-state index contributed by atoms with van der Waals surface area (Å²) in [5.74, 6) is -1.35. The number of hydrogen-bond donors (Lipinski definition) is 2. The second-order valence-corrected chi connectivity index (χ2v) is 9.62. The van der Waals surface area contributed by atoms with Gasteiger partial charge in [0.1, 0.15) is 6.04 Å². The molecule has 0 radical (unpaired) electrons.